The molecule has 1 rings (SSSR count). The average molecular weight is 413 g/mol. The third kappa shape index (κ3) is 7.41. The normalized spacial score (nSPS) is 13.8. The quantitative estimate of drug-likeness (QED) is 0.431. The molecule has 1 aromatic rings. The lowest BCUT2D eigenvalue weighted by Crippen LogP contribution is -2.39. The van der Waals surface area contributed by atoms with Crippen LogP contribution in [0.1, 0.15) is 39.7 Å². The van der Waals surface area contributed by atoms with Crippen molar-refractivity contribution in [1.29, 1.82) is 0 Å². The molecule has 0 amide bonds. The van der Waals surface area contributed by atoms with Crippen molar-refractivity contribution < 1.29 is 13.2 Å². The van der Waals surface area contributed by atoms with Gasteiger partial charge < -0.3 is 15.4 Å². The fourth-order valence-electron chi connectivity index (χ4n) is 2.74. The first kappa shape index (κ1) is 24.4. The van der Waals surface area contributed by atoms with Gasteiger partial charge in [0.05, 0.1) is 17.5 Å². The smallest absolute Gasteiger partial charge is 0.242 e. The maximum Gasteiger partial charge on any atom is 0.242 e. The van der Waals surface area contributed by atoms with E-state index < -0.39 is 10.0 Å². The molecule has 28 heavy (non-hydrogen) atoms. The monoisotopic (exact) mass is 412 g/mol. The highest BCUT2D eigenvalue weighted by Gasteiger charge is 2.20. The zero-order chi connectivity index (χ0) is 21.2. The third-order valence-electron chi connectivity index (χ3n) is 4.33. The number of ether oxygens (including phenoxy) is 1. The number of sulfonamides is 1. The van der Waals surface area contributed by atoms with Gasteiger partial charge in [0.1, 0.15) is 0 Å². The Kier molecular flexibility index (Phi) is 10.5. The van der Waals surface area contributed by atoms with E-state index in [2.05, 4.69) is 29.5 Å². The fourth-order valence-corrected chi connectivity index (χ4v) is 3.85. The van der Waals surface area contributed by atoms with Crippen LogP contribution in [0.25, 0.3) is 0 Å². The number of nitrogens with zero attached hydrogens (tertiary/aromatic N) is 2. The van der Waals surface area contributed by atoms with Crippen molar-refractivity contribution >= 4 is 16.0 Å². The summed E-state index contributed by atoms with van der Waals surface area (Å²) in [7, 11) is -0.441. The minimum absolute atomic E-state index is 0.200. The van der Waals surface area contributed by atoms with E-state index in [9.17, 15) is 8.42 Å². The second-order valence-electron chi connectivity index (χ2n) is 7.04. The van der Waals surface area contributed by atoms with E-state index >= 15 is 0 Å². The van der Waals surface area contributed by atoms with Crippen LogP contribution >= 0.6 is 0 Å². The Morgan fingerprint density at radius 2 is 1.86 bits per heavy atom. The summed E-state index contributed by atoms with van der Waals surface area (Å²) in [6.07, 6.45) is 1.08. The lowest BCUT2D eigenvalue weighted by atomic mass is 10.0. The van der Waals surface area contributed by atoms with Gasteiger partial charge in [-0.3, -0.25) is 0 Å². The predicted molar refractivity (Wildman–Crippen MR) is 115 cm³/mol. The molecule has 7 nitrogen and oxygen atoms in total. The molecule has 0 fully saturated rings. The van der Waals surface area contributed by atoms with E-state index in [1.165, 1.54) is 18.4 Å². The van der Waals surface area contributed by atoms with Gasteiger partial charge in [0.2, 0.25) is 10.0 Å². The molecule has 0 heterocycles. The van der Waals surface area contributed by atoms with Crippen molar-refractivity contribution in [3.8, 4) is 0 Å². The van der Waals surface area contributed by atoms with Gasteiger partial charge in [0.15, 0.2) is 5.96 Å². The van der Waals surface area contributed by atoms with Gasteiger partial charge >= 0.3 is 0 Å². The number of hydrogen-bond acceptors (Lipinski definition) is 4. The van der Waals surface area contributed by atoms with Crippen molar-refractivity contribution in [2.75, 3.05) is 33.8 Å². The highest BCUT2D eigenvalue weighted by Crippen LogP contribution is 2.19. The lowest BCUT2D eigenvalue weighted by molar-refractivity contribution is 0.0258. The van der Waals surface area contributed by atoms with E-state index in [-0.39, 0.29) is 17.5 Å². The number of aliphatic imine (C=N–C) groups is 1. The van der Waals surface area contributed by atoms with E-state index in [1.807, 2.05) is 19.9 Å². The maximum atomic E-state index is 12.5. The molecule has 0 bridgehead atoms. The second-order valence-corrected chi connectivity index (χ2v) is 9.16. The molecule has 1 unspecified atom stereocenters. The fraction of sp³-hybridized carbons (Fsp3) is 0.650. The summed E-state index contributed by atoms with van der Waals surface area (Å²) in [5.41, 5.74) is 0.669. The van der Waals surface area contributed by atoms with Gasteiger partial charge in [0.25, 0.3) is 0 Å². The molecular weight excluding hydrogens is 376 g/mol. The maximum absolute atomic E-state index is 12.5. The standard InChI is InChI=1S/C20H36N4O3S/c1-7-21-20(22-14-13-18(16(3)4)27-8-2)23-15-17-11-9-10-12-19(17)28(25,26)24(5)6/h9-12,16,18H,7-8,13-15H2,1-6H3,(H2,21,22,23). The van der Waals surface area contributed by atoms with Crippen LogP contribution in [0, 0.1) is 5.92 Å². The molecule has 0 aliphatic heterocycles. The highest BCUT2D eigenvalue weighted by molar-refractivity contribution is 7.89. The first-order valence-electron chi connectivity index (χ1n) is 9.88. The summed E-state index contributed by atoms with van der Waals surface area (Å²) in [5.74, 6) is 1.11. The molecule has 0 saturated carbocycles. The Morgan fingerprint density at radius 3 is 2.43 bits per heavy atom. The molecule has 0 aromatic heterocycles. The zero-order valence-electron chi connectivity index (χ0n) is 18.0. The van der Waals surface area contributed by atoms with Gasteiger partial charge in [-0.05, 0) is 37.8 Å². The molecule has 0 aliphatic rings. The lowest BCUT2D eigenvalue weighted by Gasteiger charge is -2.21. The summed E-state index contributed by atoms with van der Waals surface area (Å²) in [6, 6.07) is 6.98. The number of nitrogens with one attached hydrogen (secondary N) is 2. The summed E-state index contributed by atoms with van der Waals surface area (Å²) in [5, 5.41) is 6.52. The van der Waals surface area contributed by atoms with Gasteiger partial charge in [-0.25, -0.2) is 17.7 Å². The van der Waals surface area contributed by atoms with E-state index in [4.69, 9.17) is 4.74 Å². The van der Waals surface area contributed by atoms with Crippen LogP contribution in [0.15, 0.2) is 34.2 Å². The van der Waals surface area contributed by atoms with Gasteiger partial charge in [0, 0.05) is 33.8 Å². The molecule has 0 saturated heterocycles. The van der Waals surface area contributed by atoms with E-state index in [0.717, 1.165) is 19.5 Å². The first-order chi connectivity index (χ1) is 13.2. The Labute approximate surface area is 170 Å². The van der Waals surface area contributed by atoms with Gasteiger partial charge in [-0.15, -0.1) is 0 Å². The number of hydrogen-bond donors (Lipinski definition) is 2. The van der Waals surface area contributed by atoms with Crippen LogP contribution in [0.5, 0.6) is 0 Å². The van der Waals surface area contributed by atoms with E-state index in [0.29, 0.717) is 24.0 Å². The predicted octanol–water partition coefficient (Wildman–Crippen LogP) is 2.44. The first-order valence-corrected chi connectivity index (χ1v) is 11.3. The second kappa shape index (κ2) is 12.0. The van der Waals surface area contributed by atoms with Crippen LogP contribution < -0.4 is 10.6 Å². The van der Waals surface area contributed by atoms with Crippen LogP contribution in [0.2, 0.25) is 0 Å². The average Bonchev–Trinajstić information content (AvgIpc) is 2.65. The minimum atomic E-state index is -3.51. The summed E-state index contributed by atoms with van der Waals surface area (Å²) in [6.45, 7) is 10.7. The molecule has 1 aromatic carbocycles. The highest BCUT2D eigenvalue weighted by atomic mass is 32.2. The van der Waals surface area contributed by atoms with Gasteiger partial charge in [-0.2, -0.15) is 0 Å². The Balaban J connectivity index is 2.86. The molecule has 1 atom stereocenters. The van der Waals surface area contributed by atoms with Crippen molar-refractivity contribution in [1.82, 2.24) is 14.9 Å². The van der Waals surface area contributed by atoms with Crippen LogP contribution in [-0.4, -0.2) is 58.6 Å². The van der Waals surface area contributed by atoms with Crippen molar-refractivity contribution in [3.05, 3.63) is 29.8 Å². The molecular formula is C20H36N4O3S. The Hall–Kier alpha value is -1.64. The van der Waals surface area contributed by atoms with Crippen LogP contribution in [0.3, 0.4) is 0 Å². The molecule has 8 heteroatoms. The zero-order valence-corrected chi connectivity index (χ0v) is 18.8. The SMILES string of the molecule is CCNC(=NCc1ccccc1S(=O)(=O)N(C)C)NCCC(OCC)C(C)C. The van der Waals surface area contributed by atoms with Crippen molar-refractivity contribution in [3.63, 3.8) is 0 Å². The van der Waals surface area contributed by atoms with E-state index in [1.54, 1.807) is 18.2 Å². The largest absolute Gasteiger partial charge is 0.378 e. The number of rotatable bonds is 11. The number of guanidine groups is 1. The summed E-state index contributed by atoms with van der Waals surface area (Å²) < 4.78 is 32.1. The minimum Gasteiger partial charge on any atom is -0.378 e. The third-order valence-corrected chi connectivity index (χ3v) is 6.24. The Bertz CT molecular complexity index is 718. The number of benzene rings is 1. The van der Waals surface area contributed by atoms with Crippen molar-refractivity contribution in [2.24, 2.45) is 10.9 Å². The Morgan fingerprint density at radius 1 is 1.18 bits per heavy atom. The summed E-state index contributed by atoms with van der Waals surface area (Å²) in [4.78, 5) is 4.86. The van der Waals surface area contributed by atoms with Crippen LogP contribution in [0.4, 0.5) is 0 Å². The molecule has 0 spiro atoms. The van der Waals surface area contributed by atoms with Crippen LogP contribution in [-0.2, 0) is 21.3 Å². The van der Waals surface area contributed by atoms with Gasteiger partial charge in [-0.1, -0.05) is 32.0 Å². The van der Waals surface area contributed by atoms with Crippen molar-refractivity contribution in [2.45, 2.75) is 51.7 Å². The molecule has 0 aliphatic carbocycles. The molecule has 160 valence electrons. The molecule has 2 N–H and O–H groups in total. The summed E-state index contributed by atoms with van der Waals surface area (Å²) >= 11 is 0. The molecule has 0 radical (unpaired) electrons. The topological polar surface area (TPSA) is 83.0 Å².